The molecule has 0 aromatic heterocycles. The van der Waals surface area contributed by atoms with Gasteiger partial charge in [0.15, 0.2) is 11.6 Å². The SMILES string of the molecule is O=[N+]([O-])CCc1ccc(F)c(F)c1. The maximum Gasteiger partial charge on any atom is 0.207 e. The first-order valence-corrected chi connectivity index (χ1v) is 3.65. The highest BCUT2D eigenvalue weighted by molar-refractivity contribution is 5.17. The maximum absolute atomic E-state index is 12.6. The first kappa shape index (κ1) is 9.57. The molecule has 0 heterocycles. The molecule has 1 rings (SSSR count). The van der Waals surface area contributed by atoms with Crippen LogP contribution in [-0.2, 0) is 6.42 Å². The molecule has 0 spiro atoms. The Hall–Kier alpha value is -1.52. The van der Waals surface area contributed by atoms with Crippen molar-refractivity contribution in [3.8, 4) is 0 Å². The fourth-order valence-corrected chi connectivity index (χ4v) is 0.916. The van der Waals surface area contributed by atoms with Gasteiger partial charge < -0.3 is 0 Å². The highest BCUT2D eigenvalue weighted by Gasteiger charge is 2.04. The van der Waals surface area contributed by atoms with Crippen LogP contribution in [-0.4, -0.2) is 11.5 Å². The molecular weight excluding hydrogens is 180 g/mol. The lowest BCUT2D eigenvalue weighted by Crippen LogP contribution is -2.04. The molecule has 0 saturated carbocycles. The van der Waals surface area contributed by atoms with E-state index in [4.69, 9.17) is 0 Å². The van der Waals surface area contributed by atoms with Crippen LogP contribution in [0.15, 0.2) is 18.2 Å². The fraction of sp³-hybridized carbons (Fsp3) is 0.250. The molecule has 0 amide bonds. The van der Waals surface area contributed by atoms with Gasteiger partial charge in [-0.05, 0) is 17.7 Å². The smallest absolute Gasteiger partial charge is 0.207 e. The lowest BCUT2D eigenvalue weighted by Gasteiger charge is -1.97. The molecule has 0 atom stereocenters. The predicted octanol–water partition coefficient (Wildman–Crippen LogP) is 1.78. The molecule has 0 unspecified atom stereocenters. The zero-order chi connectivity index (χ0) is 9.84. The summed E-state index contributed by atoms with van der Waals surface area (Å²) in [7, 11) is 0. The summed E-state index contributed by atoms with van der Waals surface area (Å²) < 4.78 is 24.9. The van der Waals surface area contributed by atoms with E-state index in [1.807, 2.05) is 0 Å². The molecule has 0 fully saturated rings. The molecule has 1 aromatic rings. The van der Waals surface area contributed by atoms with Gasteiger partial charge >= 0.3 is 0 Å². The second kappa shape index (κ2) is 3.93. The topological polar surface area (TPSA) is 43.1 Å². The molecule has 0 N–H and O–H groups in total. The van der Waals surface area contributed by atoms with Crippen LogP contribution in [0.25, 0.3) is 0 Å². The van der Waals surface area contributed by atoms with Crippen molar-refractivity contribution in [3.63, 3.8) is 0 Å². The Kier molecular flexibility index (Phi) is 2.89. The molecular formula is C8H7F2NO2. The van der Waals surface area contributed by atoms with E-state index in [2.05, 4.69) is 0 Å². The quantitative estimate of drug-likeness (QED) is 0.534. The molecule has 5 heteroatoms. The van der Waals surface area contributed by atoms with E-state index in [9.17, 15) is 18.9 Å². The van der Waals surface area contributed by atoms with E-state index >= 15 is 0 Å². The summed E-state index contributed by atoms with van der Waals surface area (Å²) in [4.78, 5) is 9.46. The molecule has 1 aromatic carbocycles. The number of nitro groups is 1. The van der Waals surface area contributed by atoms with Gasteiger partial charge in [-0.15, -0.1) is 0 Å². The number of hydrogen-bond acceptors (Lipinski definition) is 2. The van der Waals surface area contributed by atoms with Crippen LogP contribution in [0.4, 0.5) is 8.78 Å². The van der Waals surface area contributed by atoms with Crippen molar-refractivity contribution in [1.29, 1.82) is 0 Å². The van der Waals surface area contributed by atoms with Crippen LogP contribution in [0.2, 0.25) is 0 Å². The zero-order valence-corrected chi connectivity index (χ0v) is 6.67. The van der Waals surface area contributed by atoms with E-state index < -0.39 is 16.6 Å². The molecule has 3 nitrogen and oxygen atoms in total. The van der Waals surface area contributed by atoms with Gasteiger partial charge in [-0.2, -0.15) is 0 Å². The molecule has 0 saturated heterocycles. The minimum atomic E-state index is -0.971. The Morgan fingerprint density at radius 3 is 2.54 bits per heavy atom. The second-order valence-electron chi connectivity index (χ2n) is 2.55. The van der Waals surface area contributed by atoms with Crippen molar-refractivity contribution in [2.45, 2.75) is 6.42 Å². The minimum Gasteiger partial charge on any atom is -0.265 e. The van der Waals surface area contributed by atoms with Crippen molar-refractivity contribution < 1.29 is 13.7 Å². The first-order chi connectivity index (χ1) is 6.09. The number of halogens is 2. The van der Waals surface area contributed by atoms with Gasteiger partial charge in [-0.25, -0.2) is 8.78 Å². The van der Waals surface area contributed by atoms with Crippen molar-refractivity contribution in [3.05, 3.63) is 45.5 Å². The second-order valence-corrected chi connectivity index (χ2v) is 2.55. The first-order valence-electron chi connectivity index (χ1n) is 3.65. The third-order valence-corrected chi connectivity index (χ3v) is 1.57. The van der Waals surface area contributed by atoms with E-state index in [1.165, 1.54) is 6.07 Å². The van der Waals surface area contributed by atoms with Gasteiger partial charge in [-0.3, -0.25) is 10.1 Å². The lowest BCUT2D eigenvalue weighted by molar-refractivity contribution is -0.479. The molecule has 0 aliphatic rings. The number of rotatable bonds is 3. The third-order valence-electron chi connectivity index (χ3n) is 1.57. The molecule has 0 aliphatic carbocycles. The zero-order valence-electron chi connectivity index (χ0n) is 6.67. The third kappa shape index (κ3) is 2.77. The summed E-state index contributed by atoms with van der Waals surface area (Å²) in [6.07, 6.45) is 0.115. The van der Waals surface area contributed by atoms with E-state index in [-0.39, 0.29) is 13.0 Å². The number of nitrogens with zero attached hydrogens (tertiary/aromatic N) is 1. The van der Waals surface area contributed by atoms with E-state index in [1.54, 1.807) is 0 Å². The predicted molar refractivity (Wildman–Crippen MR) is 41.9 cm³/mol. The Bertz CT molecular complexity index is 328. The molecule has 13 heavy (non-hydrogen) atoms. The van der Waals surface area contributed by atoms with Gasteiger partial charge in [0, 0.05) is 11.3 Å². The highest BCUT2D eigenvalue weighted by Crippen LogP contribution is 2.08. The van der Waals surface area contributed by atoms with Gasteiger partial charge in [0.05, 0.1) is 0 Å². The Morgan fingerprint density at radius 1 is 1.31 bits per heavy atom. The number of hydrogen-bond donors (Lipinski definition) is 0. The minimum absolute atomic E-state index is 0.115. The summed E-state index contributed by atoms with van der Waals surface area (Å²) >= 11 is 0. The molecule has 0 radical (unpaired) electrons. The fourth-order valence-electron chi connectivity index (χ4n) is 0.916. The average Bonchev–Trinajstić information content (AvgIpc) is 2.07. The van der Waals surface area contributed by atoms with Crippen LogP contribution in [0, 0.1) is 21.7 Å². The van der Waals surface area contributed by atoms with Crippen LogP contribution in [0.5, 0.6) is 0 Å². The summed E-state index contributed by atoms with van der Waals surface area (Å²) in [6, 6.07) is 3.27. The molecule has 0 aliphatic heterocycles. The Morgan fingerprint density at radius 2 is 2.00 bits per heavy atom. The van der Waals surface area contributed by atoms with Gasteiger partial charge in [0.1, 0.15) is 0 Å². The van der Waals surface area contributed by atoms with Crippen molar-refractivity contribution >= 4 is 0 Å². The van der Waals surface area contributed by atoms with E-state index in [0.29, 0.717) is 5.56 Å². The van der Waals surface area contributed by atoms with Crippen molar-refractivity contribution in [2.24, 2.45) is 0 Å². The van der Waals surface area contributed by atoms with Crippen molar-refractivity contribution in [2.75, 3.05) is 6.54 Å². The number of benzene rings is 1. The average molecular weight is 187 g/mol. The standard InChI is InChI=1S/C8H7F2NO2/c9-7-2-1-6(5-8(7)10)3-4-11(12)13/h1-2,5H,3-4H2. The largest absolute Gasteiger partial charge is 0.265 e. The monoisotopic (exact) mass is 187 g/mol. The summed E-state index contributed by atoms with van der Waals surface area (Å²) in [5.41, 5.74) is 0.426. The van der Waals surface area contributed by atoms with Crippen LogP contribution in [0.1, 0.15) is 5.56 Å². The summed E-state index contributed by atoms with van der Waals surface area (Å²) in [6.45, 7) is -0.273. The van der Waals surface area contributed by atoms with Crippen LogP contribution >= 0.6 is 0 Å². The van der Waals surface area contributed by atoms with Gasteiger partial charge in [0.25, 0.3) is 0 Å². The summed E-state index contributed by atoms with van der Waals surface area (Å²) in [5.74, 6) is -1.91. The highest BCUT2D eigenvalue weighted by atomic mass is 19.2. The van der Waals surface area contributed by atoms with Gasteiger partial charge in [-0.1, -0.05) is 6.07 Å². The molecule has 70 valence electrons. The van der Waals surface area contributed by atoms with Crippen molar-refractivity contribution in [1.82, 2.24) is 0 Å². The molecule has 0 bridgehead atoms. The van der Waals surface area contributed by atoms with Crippen LogP contribution < -0.4 is 0 Å². The maximum atomic E-state index is 12.6. The lowest BCUT2D eigenvalue weighted by atomic mass is 10.1. The Balaban J connectivity index is 2.68. The van der Waals surface area contributed by atoms with E-state index in [0.717, 1.165) is 12.1 Å². The van der Waals surface area contributed by atoms with Crippen LogP contribution in [0.3, 0.4) is 0 Å². The van der Waals surface area contributed by atoms with Gasteiger partial charge in [0.2, 0.25) is 6.54 Å². The Labute approximate surface area is 73.1 Å². The normalized spacial score (nSPS) is 10.0. The summed E-state index contributed by atoms with van der Waals surface area (Å²) in [5, 5.41) is 9.96.